The van der Waals surface area contributed by atoms with Crippen molar-refractivity contribution in [2.24, 2.45) is 0 Å². The van der Waals surface area contributed by atoms with E-state index in [1.54, 1.807) is 6.92 Å². The van der Waals surface area contributed by atoms with Gasteiger partial charge in [-0.2, -0.15) is 0 Å². The first-order valence-electron chi connectivity index (χ1n) is 6.30. The van der Waals surface area contributed by atoms with Crippen molar-refractivity contribution in [3.63, 3.8) is 0 Å². The number of carboxylic acids is 1. The van der Waals surface area contributed by atoms with Crippen molar-refractivity contribution in [1.82, 2.24) is 4.72 Å². The van der Waals surface area contributed by atoms with Crippen LogP contribution in [0.25, 0.3) is 0 Å². The van der Waals surface area contributed by atoms with E-state index in [0.717, 1.165) is 12.5 Å². The van der Waals surface area contributed by atoms with Gasteiger partial charge in [0.1, 0.15) is 0 Å². The third kappa shape index (κ3) is 3.00. The molecule has 1 fully saturated rings. The van der Waals surface area contributed by atoms with Crippen molar-refractivity contribution in [1.29, 1.82) is 0 Å². The topological polar surface area (TPSA) is 104 Å². The fraction of sp³-hybridized carbons (Fsp3) is 0.462. The van der Waals surface area contributed by atoms with Gasteiger partial charge in [0.25, 0.3) is 0 Å². The first-order chi connectivity index (χ1) is 9.23. The van der Waals surface area contributed by atoms with E-state index in [1.807, 2.05) is 0 Å². The summed E-state index contributed by atoms with van der Waals surface area (Å²) < 4.78 is 26.5. The van der Waals surface area contributed by atoms with Gasteiger partial charge in [-0.05, 0) is 43.9 Å². The fourth-order valence-corrected chi connectivity index (χ4v) is 3.22. The van der Waals surface area contributed by atoms with Crippen molar-refractivity contribution in [3.8, 4) is 0 Å². The van der Waals surface area contributed by atoms with Crippen LogP contribution in [0.4, 0.5) is 0 Å². The van der Waals surface area contributed by atoms with Gasteiger partial charge in [0, 0.05) is 6.54 Å². The second kappa shape index (κ2) is 5.16. The highest BCUT2D eigenvalue weighted by Gasteiger charge is 2.35. The van der Waals surface area contributed by atoms with Crippen molar-refractivity contribution in [2.45, 2.75) is 36.7 Å². The lowest BCUT2D eigenvalue weighted by Crippen LogP contribution is -2.47. The predicted molar refractivity (Wildman–Crippen MR) is 72.1 cm³/mol. The van der Waals surface area contributed by atoms with Gasteiger partial charge < -0.3 is 10.2 Å². The Morgan fingerprint density at radius 3 is 2.55 bits per heavy atom. The summed E-state index contributed by atoms with van der Waals surface area (Å²) in [5, 5.41) is 18.9. The molecule has 0 bridgehead atoms. The Balaban J connectivity index is 2.21. The summed E-state index contributed by atoms with van der Waals surface area (Å²) in [6.07, 6.45) is 2.03. The van der Waals surface area contributed by atoms with Gasteiger partial charge in [0.2, 0.25) is 10.0 Å². The molecule has 0 unspecified atom stereocenters. The molecule has 0 amide bonds. The fourth-order valence-electron chi connectivity index (χ4n) is 2.07. The third-order valence-corrected chi connectivity index (χ3v) is 5.02. The van der Waals surface area contributed by atoms with E-state index < -0.39 is 21.6 Å². The zero-order valence-corrected chi connectivity index (χ0v) is 11.9. The number of nitrogens with one attached hydrogen (secondary N) is 1. The van der Waals surface area contributed by atoms with Crippen LogP contribution in [0.1, 0.15) is 35.2 Å². The van der Waals surface area contributed by atoms with Crippen LogP contribution in [-0.4, -0.2) is 36.7 Å². The molecule has 1 aliphatic rings. The minimum absolute atomic E-state index is 0.0461. The van der Waals surface area contributed by atoms with E-state index in [1.165, 1.54) is 12.1 Å². The molecule has 2 rings (SSSR count). The number of rotatable bonds is 5. The zero-order valence-electron chi connectivity index (χ0n) is 11.1. The van der Waals surface area contributed by atoms with E-state index in [9.17, 15) is 18.3 Å². The average molecular weight is 299 g/mol. The lowest BCUT2D eigenvalue weighted by atomic mass is 9.81. The zero-order chi connectivity index (χ0) is 15.0. The summed E-state index contributed by atoms with van der Waals surface area (Å²) in [6, 6.07) is 3.94. The molecule has 7 heteroatoms. The lowest BCUT2D eigenvalue weighted by molar-refractivity contribution is -0.0271. The molecule has 0 aliphatic heterocycles. The van der Waals surface area contributed by atoms with Gasteiger partial charge in [-0.3, -0.25) is 0 Å². The number of benzene rings is 1. The average Bonchev–Trinajstić information content (AvgIpc) is 2.34. The number of aryl methyl sites for hydroxylation is 1. The summed E-state index contributed by atoms with van der Waals surface area (Å²) in [5.41, 5.74) is -0.516. The summed E-state index contributed by atoms with van der Waals surface area (Å²) in [5.74, 6) is -1.17. The monoisotopic (exact) mass is 299 g/mol. The highest BCUT2D eigenvalue weighted by Crippen LogP contribution is 2.31. The molecule has 0 atom stereocenters. The molecular weight excluding hydrogens is 282 g/mol. The van der Waals surface area contributed by atoms with Crippen LogP contribution in [0.5, 0.6) is 0 Å². The van der Waals surface area contributed by atoms with Gasteiger partial charge in [-0.15, -0.1) is 0 Å². The van der Waals surface area contributed by atoms with Crippen LogP contribution in [0, 0.1) is 6.92 Å². The molecule has 0 aromatic heterocycles. The Morgan fingerprint density at radius 1 is 1.40 bits per heavy atom. The number of hydrogen-bond donors (Lipinski definition) is 3. The molecule has 0 saturated heterocycles. The van der Waals surface area contributed by atoms with Gasteiger partial charge in [0.15, 0.2) is 0 Å². The summed E-state index contributed by atoms with van der Waals surface area (Å²) in [6.45, 7) is 1.55. The molecule has 3 N–H and O–H groups in total. The molecule has 110 valence electrons. The standard InChI is InChI=1S/C13H17NO5S/c1-9-3-4-10(7-11(9)12(15)16)20(18,19)14-8-13(17)5-2-6-13/h3-4,7,14,17H,2,5-6,8H2,1H3,(H,15,16). The molecule has 0 spiro atoms. The SMILES string of the molecule is Cc1ccc(S(=O)(=O)NCC2(O)CCC2)cc1C(=O)O. The predicted octanol–water partition coefficient (Wildman–Crippen LogP) is 0.887. The van der Waals surface area contributed by atoms with Crippen LogP contribution >= 0.6 is 0 Å². The molecule has 1 aliphatic carbocycles. The molecule has 0 radical (unpaired) electrons. The van der Waals surface area contributed by atoms with Crippen molar-refractivity contribution in [2.75, 3.05) is 6.54 Å². The van der Waals surface area contributed by atoms with Crippen LogP contribution in [-0.2, 0) is 10.0 Å². The Bertz CT molecular complexity index is 634. The maximum absolute atomic E-state index is 12.1. The van der Waals surface area contributed by atoms with Crippen LogP contribution in [0.15, 0.2) is 23.1 Å². The number of sulfonamides is 1. The molecule has 6 nitrogen and oxygen atoms in total. The molecule has 1 aromatic rings. The van der Waals surface area contributed by atoms with E-state index in [-0.39, 0.29) is 17.0 Å². The number of hydrogen-bond acceptors (Lipinski definition) is 4. The van der Waals surface area contributed by atoms with E-state index in [2.05, 4.69) is 4.72 Å². The largest absolute Gasteiger partial charge is 0.478 e. The first-order valence-corrected chi connectivity index (χ1v) is 7.78. The normalized spacial score (nSPS) is 17.5. The summed E-state index contributed by atoms with van der Waals surface area (Å²) >= 11 is 0. The van der Waals surface area contributed by atoms with Crippen molar-refractivity contribution >= 4 is 16.0 Å². The van der Waals surface area contributed by atoms with Crippen molar-refractivity contribution < 1.29 is 23.4 Å². The Labute approximate surface area is 117 Å². The second-order valence-electron chi connectivity index (χ2n) is 5.18. The highest BCUT2D eigenvalue weighted by atomic mass is 32.2. The molecular formula is C13H17NO5S. The number of carboxylic acid groups (broad SMARTS) is 1. The summed E-state index contributed by atoms with van der Waals surface area (Å²) in [4.78, 5) is 10.9. The Morgan fingerprint density at radius 2 is 2.05 bits per heavy atom. The smallest absolute Gasteiger partial charge is 0.335 e. The minimum atomic E-state index is -3.82. The molecule has 1 aromatic carbocycles. The Kier molecular flexibility index (Phi) is 3.86. The van der Waals surface area contributed by atoms with Gasteiger partial charge in [-0.1, -0.05) is 6.07 Å². The number of aromatic carboxylic acids is 1. The molecule has 20 heavy (non-hydrogen) atoms. The first kappa shape index (κ1) is 15.0. The lowest BCUT2D eigenvalue weighted by Gasteiger charge is -2.36. The van der Waals surface area contributed by atoms with Gasteiger partial charge >= 0.3 is 5.97 Å². The van der Waals surface area contributed by atoms with E-state index in [0.29, 0.717) is 18.4 Å². The van der Waals surface area contributed by atoms with Gasteiger partial charge in [-0.25, -0.2) is 17.9 Å². The van der Waals surface area contributed by atoms with Crippen LogP contribution in [0.3, 0.4) is 0 Å². The van der Waals surface area contributed by atoms with Crippen LogP contribution < -0.4 is 4.72 Å². The minimum Gasteiger partial charge on any atom is -0.478 e. The maximum Gasteiger partial charge on any atom is 0.335 e. The number of carbonyl (C=O) groups is 1. The third-order valence-electron chi connectivity index (χ3n) is 3.63. The number of aliphatic hydroxyl groups is 1. The molecule has 1 saturated carbocycles. The quantitative estimate of drug-likeness (QED) is 0.749. The highest BCUT2D eigenvalue weighted by molar-refractivity contribution is 7.89. The van der Waals surface area contributed by atoms with E-state index >= 15 is 0 Å². The maximum atomic E-state index is 12.1. The summed E-state index contributed by atoms with van der Waals surface area (Å²) in [7, 11) is -3.82. The second-order valence-corrected chi connectivity index (χ2v) is 6.95. The molecule has 0 heterocycles. The van der Waals surface area contributed by atoms with Crippen molar-refractivity contribution in [3.05, 3.63) is 29.3 Å². The van der Waals surface area contributed by atoms with Crippen LogP contribution in [0.2, 0.25) is 0 Å². The Hall–Kier alpha value is -1.44. The van der Waals surface area contributed by atoms with Gasteiger partial charge in [0.05, 0.1) is 16.1 Å². The van der Waals surface area contributed by atoms with E-state index in [4.69, 9.17) is 5.11 Å².